The zero-order valence-corrected chi connectivity index (χ0v) is 44.7. The summed E-state index contributed by atoms with van der Waals surface area (Å²) >= 11 is 1.88. The van der Waals surface area contributed by atoms with Gasteiger partial charge < -0.3 is 14.9 Å². The van der Waals surface area contributed by atoms with Crippen LogP contribution in [0.3, 0.4) is 0 Å². The van der Waals surface area contributed by atoms with Crippen LogP contribution < -0.4 is 41.9 Å². The van der Waals surface area contributed by atoms with E-state index in [1.807, 2.05) is 32.1 Å². The molecule has 0 saturated carbocycles. The summed E-state index contributed by atoms with van der Waals surface area (Å²) in [6.07, 6.45) is 0.827. The molecule has 68 heavy (non-hydrogen) atoms. The van der Waals surface area contributed by atoms with Gasteiger partial charge in [0, 0.05) is 27.4 Å². The lowest BCUT2D eigenvalue weighted by atomic mass is 9.36. The lowest BCUT2D eigenvalue weighted by Crippen LogP contribution is -2.58. The molecule has 1 aliphatic rings. The van der Waals surface area contributed by atoms with Gasteiger partial charge in [0.05, 0.1) is 11.4 Å². The fraction of sp³-hybridized carbons (Fsp3) is 0.367. The average Bonchev–Trinajstić information content (AvgIpc) is 3.57. The standard InChI is InChI=1S/C60H68B4N2OS/c1-18-37-27-33(2)52-46(30-37)66(54-51(63)49(61)48(60(15,16)17)50(62)55(54)67)45-32-42(24-25-44(45)64(52)56-36(5)43-31-39(58(9,10)11)21-26-47(43)68-56)65(41-22-19-38(20-23-41)57(6,7)8)53-34(3)28-40(29-35(53)4)59(12,13)14/h19-32,67H,18H2,1-17H3. The second kappa shape index (κ2) is 17.1. The number of fused-ring (bicyclic) bond motifs is 3. The molecule has 0 aliphatic carbocycles. The monoisotopic (exact) mass is 909 g/mol. The molecule has 0 fully saturated rings. The summed E-state index contributed by atoms with van der Waals surface area (Å²) in [6.45, 7) is 37.6. The molecule has 0 atom stereocenters. The molecule has 6 radical (unpaired) electrons. The predicted molar refractivity (Wildman–Crippen MR) is 303 cm³/mol. The Labute approximate surface area is 417 Å². The Bertz CT molecular complexity index is 3080. The minimum atomic E-state index is -0.479. The van der Waals surface area contributed by atoms with E-state index in [2.05, 4.69) is 192 Å². The zero-order valence-electron chi connectivity index (χ0n) is 43.8. The van der Waals surface area contributed by atoms with Gasteiger partial charge in [-0.1, -0.05) is 160 Å². The number of phenolic OH excluding ortho intramolecular Hbond substituents is 1. The maximum atomic E-state index is 12.6. The molecule has 0 amide bonds. The molecule has 0 unspecified atom stereocenters. The third kappa shape index (κ3) is 8.45. The molecule has 6 aromatic carbocycles. The topological polar surface area (TPSA) is 26.7 Å². The van der Waals surface area contributed by atoms with Gasteiger partial charge in [0.2, 0.25) is 0 Å². The van der Waals surface area contributed by atoms with Crippen LogP contribution in [0.2, 0.25) is 0 Å². The second-order valence-electron chi connectivity index (χ2n) is 23.7. The van der Waals surface area contributed by atoms with E-state index in [-0.39, 0.29) is 34.2 Å². The van der Waals surface area contributed by atoms with Gasteiger partial charge in [-0.05, 0) is 158 Å². The van der Waals surface area contributed by atoms with Gasteiger partial charge in [-0.15, -0.1) is 11.3 Å². The predicted octanol–water partition coefficient (Wildman–Crippen LogP) is 11.7. The molecule has 0 bridgehead atoms. The molecule has 7 aromatic rings. The largest absolute Gasteiger partial charge is 0.506 e. The van der Waals surface area contributed by atoms with Gasteiger partial charge in [-0.3, -0.25) is 0 Å². The van der Waals surface area contributed by atoms with Crippen molar-refractivity contribution in [1.82, 2.24) is 0 Å². The fourth-order valence-corrected chi connectivity index (χ4v) is 11.9. The van der Waals surface area contributed by atoms with Crippen molar-refractivity contribution < 1.29 is 5.11 Å². The SMILES string of the molecule is [B]c1c([B])c(C(C)(C)C)c([B])c(O)c1N1c2cc(N(c3ccc(C(C)(C)C)cc3)c3c(C)cc(C(C)(C)C)cc3C)ccc2B(c2sc3ccc(C(C)(C)C)cc3c2C)c2c(C)cc(CC)cc21. The zero-order chi connectivity index (χ0) is 49.9. The smallest absolute Gasteiger partial charge is 0.259 e. The second-order valence-corrected chi connectivity index (χ2v) is 24.8. The first-order chi connectivity index (χ1) is 31.5. The molecule has 1 aromatic heterocycles. The maximum Gasteiger partial charge on any atom is 0.259 e. The molecule has 0 saturated heterocycles. The first-order valence-electron chi connectivity index (χ1n) is 24.4. The maximum absolute atomic E-state index is 12.6. The molecule has 8 heteroatoms. The van der Waals surface area contributed by atoms with Gasteiger partial charge in [0.1, 0.15) is 29.3 Å². The van der Waals surface area contributed by atoms with Crippen molar-refractivity contribution in [2.24, 2.45) is 0 Å². The van der Waals surface area contributed by atoms with Crippen LogP contribution in [0.4, 0.5) is 34.1 Å². The van der Waals surface area contributed by atoms with Gasteiger partial charge in [-0.25, -0.2) is 0 Å². The molecular weight excluding hydrogens is 840 g/mol. The normalized spacial score (nSPS) is 13.3. The third-order valence-corrected chi connectivity index (χ3v) is 15.7. The number of aryl methyl sites for hydroxylation is 5. The third-order valence-electron chi connectivity index (χ3n) is 14.4. The van der Waals surface area contributed by atoms with E-state index in [1.54, 1.807) is 0 Å². The highest BCUT2D eigenvalue weighted by molar-refractivity contribution is 7.32. The van der Waals surface area contributed by atoms with Gasteiger partial charge in [0.25, 0.3) is 6.71 Å². The van der Waals surface area contributed by atoms with Crippen LogP contribution in [-0.2, 0) is 28.1 Å². The fourth-order valence-electron chi connectivity index (χ4n) is 10.6. The van der Waals surface area contributed by atoms with Gasteiger partial charge >= 0.3 is 0 Å². The minimum absolute atomic E-state index is 0.00763. The number of nitrogens with zero attached hydrogens (tertiary/aromatic N) is 2. The number of benzene rings is 6. The lowest BCUT2D eigenvalue weighted by Gasteiger charge is -2.41. The van der Waals surface area contributed by atoms with Gasteiger partial charge in [-0.2, -0.15) is 0 Å². The quantitative estimate of drug-likeness (QED) is 0.168. The van der Waals surface area contributed by atoms with Crippen LogP contribution in [0.5, 0.6) is 5.75 Å². The number of hydrogen-bond acceptors (Lipinski definition) is 4. The first-order valence-corrected chi connectivity index (χ1v) is 25.2. The molecule has 342 valence electrons. The van der Waals surface area contributed by atoms with E-state index >= 15 is 0 Å². The van der Waals surface area contributed by atoms with Crippen LogP contribution in [0.1, 0.15) is 140 Å². The summed E-state index contributed by atoms with van der Waals surface area (Å²) in [5.41, 5.74) is 18.6. The van der Waals surface area contributed by atoms with Crippen molar-refractivity contribution in [3.63, 3.8) is 0 Å². The average molecular weight is 909 g/mol. The van der Waals surface area contributed by atoms with E-state index < -0.39 is 5.41 Å². The summed E-state index contributed by atoms with van der Waals surface area (Å²) in [6, 6.07) is 32.3. The highest BCUT2D eigenvalue weighted by Gasteiger charge is 2.41. The number of aromatic hydroxyl groups is 1. The Morgan fingerprint density at radius 2 is 1.16 bits per heavy atom. The van der Waals surface area contributed by atoms with E-state index in [0.29, 0.717) is 22.2 Å². The van der Waals surface area contributed by atoms with Crippen molar-refractivity contribution in [3.8, 4) is 5.75 Å². The van der Waals surface area contributed by atoms with Crippen molar-refractivity contribution in [1.29, 1.82) is 0 Å². The summed E-state index contributed by atoms with van der Waals surface area (Å²) < 4.78 is 2.57. The Kier molecular flexibility index (Phi) is 12.4. The van der Waals surface area contributed by atoms with Crippen molar-refractivity contribution in [3.05, 3.63) is 135 Å². The highest BCUT2D eigenvalue weighted by atomic mass is 32.1. The van der Waals surface area contributed by atoms with Crippen molar-refractivity contribution in [2.45, 2.75) is 146 Å². The summed E-state index contributed by atoms with van der Waals surface area (Å²) in [4.78, 5) is 4.58. The molecule has 2 heterocycles. The van der Waals surface area contributed by atoms with Gasteiger partial charge in [0.15, 0.2) is 0 Å². The van der Waals surface area contributed by atoms with E-state index in [0.717, 1.165) is 40.3 Å². The van der Waals surface area contributed by atoms with Crippen LogP contribution in [-0.4, -0.2) is 35.4 Å². The molecular formula is C60H68B4N2OS. The molecule has 1 aliphatic heterocycles. The van der Waals surface area contributed by atoms with Crippen molar-refractivity contribution in [2.75, 3.05) is 9.80 Å². The van der Waals surface area contributed by atoms with Crippen LogP contribution in [0.25, 0.3) is 10.1 Å². The number of rotatable bonds is 6. The Morgan fingerprint density at radius 3 is 1.72 bits per heavy atom. The van der Waals surface area contributed by atoms with E-state index in [9.17, 15) is 5.11 Å². The summed E-state index contributed by atoms with van der Waals surface area (Å²) in [5.74, 6) is -0.0752. The minimum Gasteiger partial charge on any atom is -0.506 e. The van der Waals surface area contributed by atoms with E-state index in [4.69, 9.17) is 23.5 Å². The molecule has 8 rings (SSSR count). The Balaban J connectivity index is 1.51. The van der Waals surface area contributed by atoms with Crippen LogP contribution >= 0.6 is 11.3 Å². The summed E-state index contributed by atoms with van der Waals surface area (Å²) in [5, 5.41) is 13.9. The lowest BCUT2D eigenvalue weighted by molar-refractivity contribution is 0.478. The number of thiophene rings is 1. The number of phenols is 1. The van der Waals surface area contributed by atoms with Crippen molar-refractivity contribution >= 4 is 118 Å². The highest BCUT2D eigenvalue weighted by Crippen LogP contribution is 2.46. The molecule has 1 N–H and O–H groups in total. The first kappa shape index (κ1) is 49.4. The Hall–Kier alpha value is -5.06. The van der Waals surface area contributed by atoms with Crippen LogP contribution in [0.15, 0.2) is 84.9 Å². The summed E-state index contributed by atoms with van der Waals surface area (Å²) in [7, 11) is 21.4. The number of anilines is 6. The molecule has 0 spiro atoms. The number of hydrogen-bond donors (Lipinski definition) is 1. The Morgan fingerprint density at radius 1 is 0.588 bits per heavy atom. The van der Waals surface area contributed by atoms with E-state index in [1.165, 1.54) is 64.8 Å². The van der Waals surface area contributed by atoms with Crippen LogP contribution in [0, 0.1) is 27.7 Å². The molecule has 3 nitrogen and oxygen atoms in total.